The average molecular weight is 644 g/mol. The van der Waals surface area contributed by atoms with Gasteiger partial charge in [0.25, 0.3) is 0 Å². The van der Waals surface area contributed by atoms with Gasteiger partial charge in [0, 0.05) is 30.3 Å². The van der Waals surface area contributed by atoms with Crippen molar-refractivity contribution in [3.63, 3.8) is 0 Å². The van der Waals surface area contributed by atoms with Gasteiger partial charge < -0.3 is 39.6 Å². The summed E-state index contributed by atoms with van der Waals surface area (Å²) in [5, 5.41) is 7.64. The van der Waals surface area contributed by atoms with Crippen LogP contribution in [0.5, 0.6) is 11.5 Å². The van der Waals surface area contributed by atoms with Gasteiger partial charge in [0.1, 0.15) is 41.4 Å². The molecule has 0 bridgehead atoms. The third-order valence-corrected chi connectivity index (χ3v) is 5.92. The zero-order valence-electron chi connectivity index (χ0n) is 27.7. The van der Waals surface area contributed by atoms with Gasteiger partial charge in [-0.15, -0.1) is 0 Å². The molecule has 0 fully saturated rings. The van der Waals surface area contributed by atoms with Gasteiger partial charge in [-0.2, -0.15) is 0 Å². The van der Waals surface area contributed by atoms with Crippen LogP contribution in [0.2, 0.25) is 0 Å². The molecule has 0 aliphatic rings. The van der Waals surface area contributed by atoms with Gasteiger partial charge in [0.2, 0.25) is 11.8 Å². The van der Waals surface area contributed by atoms with Gasteiger partial charge in [-0.25, -0.2) is 4.79 Å². The molecule has 0 saturated heterocycles. The smallest absolute Gasteiger partial charge is 0.408 e. The normalized spacial score (nSPS) is 12.5. The molecule has 46 heavy (non-hydrogen) atoms. The minimum Gasteiger partial charge on any atom is -0.497 e. The molecule has 0 saturated carbocycles. The van der Waals surface area contributed by atoms with E-state index < -0.39 is 59.6 Å². The lowest BCUT2D eigenvalue weighted by Crippen LogP contribution is -2.53. The van der Waals surface area contributed by atoms with Crippen LogP contribution in [0.25, 0.3) is 0 Å². The Labute approximate surface area is 269 Å². The Kier molecular flexibility index (Phi) is 13.8. The molecule has 2 aromatic carbocycles. The van der Waals surface area contributed by atoms with Crippen molar-refractivity contribution in [2.24, 2.45) is 0 Å². The van der Waals surface area contributed by atoms with E-state index >= 15 is 0 Å². The van der Waals surface area contributed by atoms with Gasteiger partial charge in [0.15, 0.2) is 0 Å². The summed E-state index contributed by atoms with van der Waals surface area (Å²) in [5.74, 6) is -2.12. The number of esters is 2. The molecular formula is C33H45N3O10. The van der Waals surface area contributed by atoms with Crippen LogP contribution >= 0.6 is 0 Å². The van der Waals surface area contributed by atoms with E-state index in [1.54, 1.807) is 84.0 Å². The molecule has 0 unspecified atom stereocenters. The number of benzene rings is 2. The number of nitrogens with one attached hydrogen (secondary N) is 3. The van der Waals surface area contributed by atoms with Crippen LogP contribution in [0.4, 0.5) is 10.5 Å². The molecule has 13 nitrogen and oxygen atoms in total. The highest BCUT2D eigenvalue weighted by Gasteiger charge is 2.31. The Morgan fingerprint density at radius 3 is 1.83 bits per heavy atom. The highest BCUT2D eigenvalue weighted by atomic mass is 16.6. The highest BCUT2D eigenvalue weighted by molar-refractivity contribution is 5.99. The largest absolute Gasteiger partial charge is 0.497 e. The average Bonchev–Trinajstić information content (AvgIpc) is 2.96. The fraction of sp³-hybridized carbons (Fsp3) is 0.485. The number of hydrogen-bond donors (Lipinski definition) is 3. The van der Waals surface area contributed by atoms with Crippen molar-refractivity contribution < 1.29 is 47.7 Å². The van der Waals surface area contributed by atoms with E-state index in [1.165, 1.54) is 14.2 Å². The topological polar surface area (TPSA) is 168 Å². The summed E-state index contributed by atoms with van der Waals surface area (Å²) in [6, 6.07) is 10.8. The number of anilines is 1. The summed E-state index contributed by atoms with van der Waals surface area (Å²) in [6.45, 7) is 10.0. The summed E-state index contributed by atoms with van der Waals surface area (Å²) >= 11 is 0. The van der Waals surface area contributed by atoms with E-state index in [9.17, 15) is 24.0 Å². The summed E-state index contributed by atoms with van der Waals surface area (Å²) in [5.41, 5.74) is -0.623. The predicted octanol–water partition coefficient (Wildman–Crippen LogP) is 4.28. The third-order valence-electron chi connectivity index (χ3n) is 5.92. The molecule has 252 valence electrons. The van der Waals surface area contributed by atoms with Crippen LogP contribution in [-0.4, -0.2) is 67.4 Å². The minimum atomic E-state index is -1.48. The van der Waals surface area contributed by atoms with Crippen LogP contribution in [0.3, 0.4) is 0 Å². The molecule has 13 heteroatoms. The number of hydrogen-bond acceptors (Lipinski definition) is 10. The van der Waals surface area contributed by atoms with Gasteiger partial charge in [-0.1, -0.05) is 30.3 Å². The summed E-state index contributed by atoms with van der Waals surface area (Å²) in [7, 11) is 2.90. The molecule has 0 radical (unpaired) electrons. The number of rotatable bonds is 14. The summed E-state index contributed by atoms with van der Waals surface area (Å²) in [6.07, 6.45) is -1.91. The fourth-order valence-corrected chi connectivity index (χ4v) is 3.97. The number of alkyl carbamates (subject to hydrolysis) is 1. The van der Waals surface area contributed by atoms with E-state index in [4.69, 9.17) is 23.7 Å². The SMILES string of the molecule is COc1cc(NC(=O)[C@H](CCC(=O)OC(C)(C)C)NC(=O)[C@H](CC(=O)OC(C)(C)C)NC(=O)OCc2ccccc2)cc(OC)c1. The maximum Gasteiger partial charge on any atom is 0.408 e. The van der Waals surface area contributed by atoms with Gasteiger partial charge >= 0.3 is 18.0 Å². The van der Waals surface area contributed by atoms with Crippen LogP contribution in [0.1, 0.15) is 66.4 Å². The van der Waals surface area contributed by atoms with Crippen molar-refractivity contribution in [3.8, 4) is 11.5 Å². The zero-order valence-corrected chi connectivity index (χ0v) is 27.7. The Bertz CT molecular complexity index is 1330. The first-order chi connectivity index (χ1) is 21.5. The van der Waals surface area contributed by atoms with Crippen molar-refractivity contribution in [2.45, 2.75) is 90.7 Å². The Morgan fingerprint density at radius 1 is 0.717 bits per heavy atom. The summed E-state index contributed by atoms with van der Waals surface area (Å²) in [4.78, 5) is 65.0. The number of methoxy groups -OCH3 is 2. The van der Waals surface area contributed by atoms with Gasteiger partial charge in [0.05, 0.1) is 20.6 Å². The molecule has 2 aromatic rings. The standard InChI is InChI=1S/C33H45N3O10/c1-32(2,3)45-27(37)15-14-25(29(39)34-22-16-23(42-7)18-24(17-22)43-8)35-30(40)26(19-28(38)46-33(4,5)6)36-31(41)44-20-21-12-10-9-11-13-21/h9-13,16-18,25-26H,14-15,19-20H2,1-8H3,(H,34,39)(H,35,40)(H,36,41)/t25-,26-/m0/s1. The second-order valence-corrected chi connectivity index (χ2v) is 12.3. The molecule has 0 aliphatic heterocycles. The van der Waals surface area contributed by atoms with Crippen molar-refractivity contribution in [1.82, 2.24) is 10.6 Å². The highest BCUT2D eigenvalue weighted by Crippen LogP contribution is 2.26. The summed E-state index contributed by atoms with van der Waals surface area (Å²) < 4.78 is 26.5. The van der Waals surface area contributed by atoms with Crippen molar-refractivity contribution in [3.05, 3.63) is 54.1 Å². The molecule has 3 amide bonds. The van der Waals surface area contributed by atoms with E-state index in [0.29, 0.717) is 22.7 Å². The van der Waals surface area contributed by atoms with Crippen molar-refractivity contribution >= 4 is 35.5 Å². The molecule has 2 atom stereocenters. The van der Waals surface area contributed by atoms with Crippen LogP contribution in [0.15, 0.2) is 48.5 Å². The van der Waals surface area contributed by atoms with Crippen molar-refractivity contribution in [2.75, 3.05) is 19.5 Å². The maximum absolute atomic E-state index is 13.6. The minimum absolute atomic E-state index is 0.0850. The van der Waals surface area contributed by atoms with Crippen LogP contribution in [0, 0.1) is 0 Å². The quantitative estimate of drug-likeness (QED) is 0.200. The molecule has 0 aliphatic carbocycles. The lowest BCUT2D eigenvalue weighted by atomic mass is 10.1. The first-order valence-electron chi connectivity index (χ1n) is 14.7. The third kappa shape index (κ3) is 14.3. The van der Waals surface area contributed by atoms with E-state index in [2.05, 4.69) is 16.0 Å². The number of carbonyl (C=O) groups is 5. The zero-order chi connectivity index (χ0) is 34.5. The molecule has 0 heterocycles. The van der Waals surface area contributed by atoms with Crippen LogP contribution in [-0.2, 0) is 40.0 Å². The van der Waals surface area contributed by atoms with Crippen LogP contribution < -0.4 is 25.4 Å². The number of carbonyl (C=O) groups excluding carboxylic acids is 5. The monoisotopic (exact) mass is 643 g/mol. The second-order valence-electron chi connectivity index (χ2n) is 12.3. The molecule has 0 spiro atoms. The number of ether oxygens (including phenoxy) is 5. The van der Waals surface area contributed by atoms with Gasteiger partial charge in [-0.3, -0.25) is 19.2 Å². The van der Waals surface area contributed by atoms with E-state index in [0.717, 1.165) is 0 Å². The van der Waals surface area contributed by atoms with E-state index in [1.807, 2.05) is 6.07 Å². The Hall–Kier alpha value is -4.81. The second kappa shape index (κ2) is 17.0. The predicted molar refractivity (Wildman–Crippen MR) is 169 cm³/mol. The lowest BCUT2D eigenvalue weighted by molar-refractivity contribution is -0.156. The maximum atomic E-state index is 13.6. The number of amides is 3. The molecule has 3 N–H and O–H groups in total. The first-order valence-corrected chi connectivity index (χ1v) is 14.7. The lowest BCUT2D eigenvalue weighted by Gasteiger charge is -2.25. The fourth-order valence-electron chi connectivity index (χ4n) is 3.97. The molecule has 2 rings (SSSR count). The first kappa shape index (κ1) is 37.4. The van der Waals surface area contributed by atoms with Crippen molar-refractivity contribution in [1.29, 1.82) is 0 Å². The molecule has 0 aromatic heterocycles. The Balaban J connectivity index is 2.29. The van der Waals surface area contributed by atoms with Gasteiger partial charge in [-0.05, 0) is 53.5 Å². The molecular weight excluding hydrogens is 598 g/mol. The Morgan fingerprint density at radius 2 is 1.28 bits per heavy atom. The van der Waals surface area contributed by atoms with E-state index in [-0.39, 0.29) is 19.4 Å².